The van der Waals surface area contributed by atoms with Crippen LogP contribution in [0.15, 0.2) is 30.7 Å². The molecule has 0 fully saturated rings. The zero-order valence-electron chi connectivity index (χ0n) is 10.9. The molecule has 0 aliphatic carbocycles. The number of nitrogens with one attached hydrogen (secondary N) is 1. The van der Waals surface area contributed by atoms with Crippen LogP contribution in [0.25, 0.3) is 11.2 Å². The van der Waals surface area contributed by atoms with Crippen LogP contribution >= 0.6 is 12.2 Å². The van der Waals surface area contributed by atoms with Gasteiger partial charge in [-0.05, 0) is 43.8 Å². The van der Waals surface area contributed by atoms with Crippen molar-refractivity contribution in [2.45, 2.75) is 26.4 Å². The lowest BCUT2D eigenvalue weighted by Gasteiger charge is -2.14. The summed E-state index contributed by atoms with van der Waals surface area (Å²) in [5.74, 6) is 0. The maximum atomic E-state index is 5.41. The van der Waals surface area contributed by atoms with Gasteiger partial charge in [0.15, 0.2) is 10.4 Å². The first-order chi connectivity index (χ1) is 9.15. The van der Waals surface area contributed by atoms with E-state index in [9.17, 15) is 0 Å². The topological polar surface area (TPSA) is 51.4 Å². The Kier molecular flexibility index (Phi) is 2.94. The van der Waals surface area contributed by atoms with Crippen molar-refractivity contribution in [2.75, 3.05) is 0 Å². The third-order valence-corrected chi connectivity index (χ3v) is 3.44. The number of nitrogens with zero attached hydrogens (tertiary/aromatic N) is 4. The molecular formula is C13H15N5S. The lowest BCUT2D eigenvalue weighted by molar-refractivity contribution is 0.440. The van der Waals surface area contributed by atoms with Crippen LogP contribution in [0.1, 0.15) is 18.5 Å². The van der Waals surface area contributed by atoms with Crippen molar-refractivity contribution >= 4 is 23.4 Å². The monoisotopic (exact) mass is 273 g/mol. The Balaban J connectivity index is 2.04. The van der Waals surface area contributed by atoms with E-state index < -0.39 is 0 Å². The first-order valence-corrected chi connectivity index (χ1v) is 6.60. The normalized spacial score (nSPS) is 12.9. The summed E-state index contributed by atoms with van der Waals surface area (Å²) in [6, 6.07) is 4.18. The number of pyridine rings is 1. The van der Waals surface area contributed by atoms with Gasteiger partial charge in [-0.2, -0.15) is 5.10 Å². The zero-order valence-corrected chi connectivity index (χ0v) is 11.7. The molecule has 5 nitrogen and oxygen atoms in total. The summed E-state index contributed by atoms with van der Waals surface area (Å²) in [5.41, 5.74) is 3.00. The molecule has 0 aromatic carbocycles. The van der Waals surface area contributed by atoms with E-state index >= 15 is 0 Å². The van der Waals surface area contributed by atoms with Crippen LogP contribution in [0.2, 0.25) is 0 Å². The Morgan fingerprint density at radius 3 is 3.05 bits per heavy atom. The number of fused-ring (bicyclic) bond motifs is 1. The minimum Gasteiger partial charge on any atom is -0.329 e. The molecule has 3 aromatic rings. The van der Waals surface area contributed by atoms with E-state index in [0.29, 0.717) is 4.77 Å². The van der Waals surface area contributed by atoms with Crippen LogP contribution < -0.4 is 0 Å². The van der Waals surface area contributed by atoms with Crippen molar-refractivity contribution in [3.8, 4) is 0 Å². The molecule has 0 saturated heterocycles. The third kappa shape index (κ3) is 2.19. The van der Waals surface area contributed by atoms with Crippen LogP contribution in [-0.4, -0.2) is 24.3 Å². The Morgan fingerprint density at radius 1 is 1.47 bits per heavy atom. The van der Waals surface area contributed by atoms with E-state index in [2.05, 4.69) is 28.1 Å². The number of aromatic amines is 1. The van der Waals surface area contributed by atoms with Gasteiger partial charge in [-0.15, -0.1) is 0 Å². The average Bonchev–Trinajstić information content (AvgIpc) is 2.95. The average molecular weight is 273 g/mol. The molecule has 1 atom stereocenters. The van der Waals surface area contributed by atoms with Crippen LogP contribution in [-0.2, 0) is 6.54 Å². The number of aromatic nitrogens is 5. The Morgan fingerprint density at radius 2 is 2.32 bits per heavy atom. The van der Waals surface area contributed by atoms with E-state index in [0.717, 1.165) is 23.3 Å². The fraction of sp³-hybridized carbons (Fsp3) is 0.308. The maximum absolute atomic E-state index is 5.41. The third-order valence-electron chi connectivity index (χ3n) is 3.14. The minimum absolute atomic E-state index is 0.191. The highest BCUT2D eigenvalue weighted by Gasteiger charge is 2.13. The summed E-state index contributed by atoms with van der Waals surface area (Å²) in [6.45, 7) is 4.91. The summed E-state index contributed by atoms with van der Waals surface area (Å²) in [7, 11) is 0. The molecule has 3 rings (SSSR count). The first-order valence-electron chi connectivity index (χ1n) is 6.19. The van der Waals surface area contributed by atoms with Crippen LogP contribution in [0, 0.1) is 11.7 Å². The number of hydrogen-bond acceptors (Lipinski definition) is 3. The molecule has 1 unspecified atom stereocenters. The van der Waals surface area contributed by atoms with Crippen molar-refractivity contribution in [1.82, 2.24) is 24.3 Å². The highest BCUT2D eigenvalue weighted by atomic mass is 32.1. The van der Waals surface area contributed by atoms with E-state index in [4.69, 9.17) is 12.2 Å². The van der Waals surface area contributed by atoms with E-state index in [1.807, 2.05) is 34.6 Å². The molecule has 3 aromatic heterocycles. The summed E-state index contributed by atoms with van der Waals surface area (Å²) in [6.07, 6.45) is 5.59. The van der Waals surface area contributed by atoms with Gasteiger partial charge in [0.25, 0.3) is 0 Å². The minimum atomic E-state index is 0.191. The number of H-pyrrole nitrogens is 1. The van der Waals surface area contributed by atoms with Gasteiger partial charge in [0.05, 0.1) is 18.1 Å². The second-order valence-electron chi connectivity index (χ2n) is 4.76. The van der Waals surface area contributed by atoms with E-state index in [1.54, 1.807) is 6.20 Å². The van der Waals surface area contributed by atoms with Gasteiger partial charge >= 0.3 is 0 Å². The largest absolute Gasteiger partial charge is 0.329 e. The smallest absolute Gasteiger partial charge is 0.179 e. The lowest BCUT2D eigenvalue weighted by atomic mass is 10.3. The Bertz CT molecular complexity index is 753. The fourth-order valence-electron chi connectivity index (χ4n) is 2.29. The molecule has 0 spiro atoms. The molecular weight excluding hydrogens is 258 g/mol. The highest BCUT2D eigenvalue weighted by Crippen LogP contribution is 2.19. The second kappa shape index (κ2) is 4.62. The molecule has 0 aliphatic heterocycles. The van der Waals surface area contributed by atoms with Crippen LogP contribution in [0.4, 0.5) is 0 Å². The van der Waals surface area contributed by atoms with Crippen LogP contribution in [0.3, 0.4) is 0 Å². The predicted octanol–water partition coefficient (Wildman–Crippen LogP) is 2.86. The Labute approximate surface area is 115 Å². The van der Waals surface area contributed by atoms with Crippen molar-refractivity contribution in [1.29, 1.82) is 0 Å². The maximum Gasteiger partial charge on any atom is 0.179 e. The van der Waals surface area contributed by atoms with Crippen LogP contribution in [0.5, 0.6) is 0 Å². The molecule has 1 N–H and O–H groups in total. The molecule has 98 valence electrons. The van der Waals surface area contributed by atoms with Crippen molar-refractivity contribution < 1.29 is 0 Å². The molecule has 0 radical (unpaired) electrons. The van der Waals surface area contributed by atoms with Gasteiger partial charge in [-0.1, -0.05) is 0 Å². The molecule has 3 heterocycles. The standard InChI is InChI=1S/C13H15N5S/c1-9-6-11-12(14-7-9)18(13(19)16-11)10(2)8-17-5-3-4-15-17/h3-7,10H,8H2,1-2H3,(H,16,19). The van der Waals surface area contributed by atoms with Crippen molar-refractivity contribution in [3.05, 3.63) is 41.1 Å². The number of hydrogen-bond donors (Lipinski definition) is 1. The Hall–Kier alpha value is -1.95. The SMILES string of the molecule is Cc1cnc2c(c1)[nH]c(=S)n2C(C)Cn1cccn1. The summed E-state index contributed by atoms with van der Waals surface area (Å²) in [4.78, 5) is 7.70. The van der Waals surface area contributed by atoms with Crippen molar-refractivity contribution in [3.63, 3.8) is 0 Å². The first kappa shape index (κ1) is 12.1. The predicted molar refractivity (Wildman–Crippen MR) is 76.6 cm³/mol. The quantitative estimate of drug-likeness (QED) is 0.747. The van der Waals surface area contributed by atoms with E-state index in [-0.39, 0.29) is 6.04 Å². The summed E-state index contributed by atoms with van der Waals surface area (Å²) < 4.78 is 4.65. The van der Waals surface area contributed by atoms with E-state index in [1.165, 1.54) is 0 Å². The highest BCUT2D eigenvalue weighted by molar-refractivity contribution is 7.71. The van der Waals surface area contributed by atoms with Gasteiger partial charge in [0.1, 0.15) is 0 Å². The van der Waals surface area contributed by atoms with Gasteiger partial charge in [-0.3, -0.25) is 9.25 Å². The number of imidazole rings is 1. The van der Waals surface area contributed by atoms with Crippen molar-refractivity contribution in [2.24, 2.45) is 0 Å². The van der Waals surface area contributed by atoms with Gasteiger partial charge in [0.2, 0.25) is 0 Å². The molecule has 6 heteroatoms. The molecule has 0 bridgehead atoms. The summed E-state index contributed by atoms with van der Waals surface area (Å²) in [5, 5.41) is 4.23. The fourth-order valence-corrected chi connectivity index (χ4v) is 2.66. The molecule has 0 amide bonds. The second-order valence-corrected chi connectivity index (χ2v) is 5.15. The lowest BCUT2D eigenvalue weighted by Crippen LogP contribution is -2.14. The van der Waals surface area contributed by atoms with Gasteiger partial charge in [-0.25, -0.2) is 4.98 Å². The molecule has 0 saturated carbocycles. The number of rotatable bonds is 3. The molecule has 19 heavy (non-hydrogen) atoms. The zero-order chi connectivity index (χ0) is 13.4. The van der Waals surface area contributed by atoms with Gasteiger partial charge < -0.3 is 4.98 Å². The molecule has 0 aliphatic rings. The van der Waals surface area contributed by atoms with Gasteiger partial charge in [0, 0.05) is 18.6 Å². The summed E-state index contributed by atoms with van der Waals surface area (Å²) >= 11 is 5.41. The number of aryl methyl sites for hydroxylation is 1.